The van der Waals surface area contributed by atoms with Crippen molar-refractivity contribution in [1.82, 2.24) is 4.90 Å². The number of nitrogens with one attached hydrogen (secondary N) is 1. The highest BCUT2D eigenvalue weighted by Crippen LogP contribution is 2.20. The average Bonchev–Trinajstić information content (AvgIpc) is 2.67. The smallest absolute Gasteiger partial charge is 0.410 e. The van der Waals surface area contributed by atoms with E-state index in [4.69, 9.17) is 9.84 Å². The lowest BCUT2D eigenvalue weighted by Crippen LogP contribution is -2.48. The largest absolute Gasteiger partial charge is 0.465 e. The van der Waals surface area contributed by atoms with Crippen LogP contribution >= 0.6 is 0 Å². The number of carboxylic acid groups (broad SMARTS) is 1. The van der Waals surface area contributed by atoms with Crippen molar-refractivity contribution in [2.45, 2.75) is 6.61 Å². The molecule has 7 nitrogen and oxygen atoms in total. The number of benzene rings is 2. The van der Waals surface area contributed by atoms with Gasteiger partial charge in [-0.2, -0.15) is 0 Å². The molecule has 0 atom stereocenters. The van der Waals surface area contributed by atoms with Crippen LogP contribution in [0.15, 0.2) is 54.6 Å². The summed E-state index contributed by atoms with van der Waals surface area (Å²) in [5.41, 5.74) is 2.50. The highest BCUT2D eigenvalue weighted by molar-refractivity contribution is 5.83. The van der Waals surface area contributed by atoms with Gasteiger partial charge in [0.05, 0.1) is 0 Å². The third kappa shape index (κ3) is 4.66. The molecule has 136 valence electrons. The minimum Gasteiger partial charge on any atom is -0.465 e. The van der Waals surface area contributed by atoms with E-state index in [2.05, 4.69) is 10.2 Å². The minimum absolute atomic E-state index is 0.276. The second kappa shape index (κ2) is 8.24. The Morgan fingerprint density at radius 1 is 0.962 bits per heavy atom. The van der Waals surface area contributed by atoms with E-state index in [-0.39, 0.29) is 12.7 Å². The first kappa shape index (κ1) is 17.6. The van der Waals surface area contributed by atoms with E-state index in [1.165, 1.54) is 0 Å². The number of carbonyl (C=O) groups is 2. The maximum Gasteiger partial charge on any atom is 0.410 e. The van der Waals surface area contributed by atoms with E-state index in [0.29, 0.717) is 31.9 Å². The molecule has 0 aromatic heterocycles. The zero-order valence-electron chi connectivity index (χ0n) is 14.3. The molecule has 2 aromatic carbocycles. The molecule has 26 heavy (non-hydrogen) atoms. The minimum atomic E-state index is -1.08. The molecule has 0 unspecified atom stereocenters. The van der Waals surface area contributed by atoms with Gasteiger partial charge in [0, 0.05) is 37.6 Å². The van der Waals surface area contributed by atoms with E-state index in [1.807, 2.05) is 42.5 Å². The second-order valence-corrected chi connectivity index (χ2v) is 5.99. The molecule has 1 aliphatic heterocycles. The van der Waals surface area contributed by atoms with E-state index in [1.54, 1.807) is 17.0 Å². The number of rotatable bonds is 4. The van der Waals surface area contributed by atoms with Crippen molar-refractivity contribution in [3.8, 4) is 0 Å². The number of nitrogens with zero attached hydrogens (tertiary/aromatic N) is 2. The lowest BCUT2D eigenvalue weighted by atomic mass is 10.2. The fraction of sp³-hybridized carbons (Fsp3) is 0.263. The van der Waals surface area contributed by atoms with Crippen LogP contribution in [0.4, 0.5) is 21.0 Å². The van der Waals surface area contributed by atoms with Crippen LogP contribution in [0.1, 0.15) is 5.56 Å². The fourth-order valence-corrected chi connectivity index (χ4v) is 2.84. The lowest BCUT2D eigenvalue weighted by molar-refractivity contribution is 0.0942. The summed E-state index contributed by atoms with van der Waals surface area (Å²) >= 11 is 0. The monoisotopic (exact) mass is 355 g/mol. The van der Waals surface area contributed by atoms with Crippen molar-refractivity contribution >= 4 is 23.6 Å². The highest BCUT2D eigenvalue weighted by atomic mass is 16.6. The van der Waals surface area contributed by atoms with Crippen LogP contribution in [0.2, 0.25) is 0 Å². The molecule has 0 spiro atoms. The van der Waals surface area contributed by atoms with Gasteiger partial charge >= 0.3 is 12.2 Å². The Bertz CT molecular complexity index is 741. The Morgan fingerprint density at radius 3 is 2.23 bits per heavy atom. The van der Waals surface area contributed by atoms with Crippen molar-refractivity contribution in [2.24, 2.45) is 0 Å². The predicted octanol–water partition coefficient (Wildman–Crippen LogP) is 3.24. The van der Waals surface area contributed by atoms with Crippen LogP contribution in [0.25, 0.3) is 0 Å². The number of carbonyl (C=O) groups excluding carboxylic acids is 1. The lowest BCUT2D eigenvalue weighted by Gasteiger charge is -2.35. The normalized spacial score (nSPS) is 14.0. The van der Waals surface area contributed by atoms with Crippen LogP contribution in [-0.4, -0.2) is 48.4 Å². The summed E-state index contributed by atoms with van der Waals surface area (Å²) in [7, 11) is 0. The van der Waals surface area contributed by atoms with Gasteiger partial charge in [-0.1, -0.05) is 30.3 Å². The first-order chi connectivity index (χ1) is 12.6. The van der Waals surface area contributed by atoms with Gasteiger partial charge < -0.3 is 19.6 Å². The third-order valence-corrected chi connectivity index (χ3v) is 4.23. The Labute approximate surface area is 151 Å². The molecule has 0 radical (unpaired) electrons. The molecular weight excluding hydrogens is 334 g/mol. The molecule has 0 aliphatic carbocycles. The summed E-state index contributed by atoms with van der Waals surface area (Å²) in [6.45, 7) is 2.85. The molecule has 2 aromatic rings. The zero-order valence-corrected chi connectivity index (χ0v) is 14.3. The quantitative estimate of drug-likeness (QED) is 0.880. The molecular formula is C19H21N3O4. The summed E-state index contributed by atoms with van der Waals surface area (Å²) in [5, 5.41) is 11.0. The van der Waals surface area contributed by atoms with Gasteiger partial charge in [0.2, 0.25) is 0 Å². The molecule has 0 saturated carbocycles. The van der Waals surface area contributed by atoms with Crippen molar-refractivity contribution < 1.29 is 19.4 Å². The Morgan fingerprint density at radius 2 is 1.62 bits per heavy atom. The van der Waals surface area contributed by atoms with Crippen LogP contribution in [-0.2, 0) is 11.3 Å². The molecule has 1 heterocycles. The maximum atomic E-state index is 12.2. The van der Waals surface area contributed by atoms with Gasteiger partial charge in [-0.3, -0.25) is 5.32 Å². The topological polar surface area (TPSA) is 82.1 Å². The first-order valence-electron chi connectivity index (χ1n) is 8.42. The summed E-state index contributed by atoms with van der Waals surface area (Å²) < 4.78 is 5.37. The van der Waals surface area contributed by atoms with Crippen LogP contribution in [0.5, 0.6) is 0 Å². The molecule has 1 saturated heterocycles. The number of ether oxygens (including phenoxy) is 1. The van der Waals surface area contributed by atoms with E-state index in [9.17, 15) is 9.59 Å². The van der Waals surface area contributed by atoms with E-state index < -0.39 is 6.09 Å². The van der Waals surface area contributed by atoms with Gasteiger partial charge in [-0.25, -0.2) is 9.59 Å². The van der Waals surface area contributed by atoms with Gasteiger partial charge in [-0.15, -0.1) is 0 Å². The molecule has 2 N–H and O–H groups in total. The number of hydrogen-bond donors (Lipinski definition) is 2. The second-order valence-electron chi connectivity index (χ2n) is 5.99. The van der Waals surface area contributed by atoms with Gasteiger partial charge in [-0.05, 0) is 29.8 Å². The molecule has 1 fully saturated rings. The zero-order chi connectivity index (χ0) is 18.4. The van der Waals surface area contributed by atoms with Crippen molar-refractivity contribution in [1.29, 1.82) is 0 Å². The number of hydrogen-bond acceptors (Lipinski definition) is 4. The standard InChI is InChI=1S/C19H21N3O4/c23-18(24)20-16-6-8-17(9-7-16)21-10-12-22(13-11-21)19(25)26-14-15-4-2-1-3-5-15/h1-9,20H,10-14H2,(H,23,24). The Balaban J connectivity index is 1.47. The van der Waals surface area contributed by atoms with Crippen molar-refractivity contribution in [2.75, 3.05) is 36.4 Å². The Hall–Kier alpha value is -3.22. The average molecular weight is 355 g/mol. The van der Waals surface area contributed by atoms with E-state index >= 15 is 0 Å². The number of anilines is 2. The van der Waals surface area contributed by atoms with Gasteiger partial charge in [0.25, 0.3) is 0 Å². The molecule has 2 amide bonds. The highest BCUT2D eigenvalue weighted by Gasteiger charge is 2.22. The molecule has 3 rings (SSSR count). The Kier molecular flexibility index (Phi) is 5.58. The van der Waals surface area contributed by atoms with Gasteiger partial charge in [0.15, 0.2) is 0 Å². The third-order valence-electron chi connectivity index (χ3n) is 4.23. The number of piperazine rings is 1. The summed E-state index contributed by atoms with van der Waals surface area (Å²) in [6.07, 6.45) is -1.38. The fourth-order valence-electron chi connectivity index (χ4n) is 2.84. The SMILES string of the molecule is O=C(O)Nc1ccc(N2CCN(C(=O)OCc3ccccc3)CC2)cc1. The molecule has 0 bridgehead atoms. The van der Waals surface area contributed by atoms with E-state index in [0.717, 1.165) is 11.3 Å². The van der Waals surface area contributed by atoms with Crippen molar-refractivity contribution in [3.05, 3.63) is 60.2 Å². The molecule has 1 aliphatic rings. The summed E-state index contributed by atoms with van der Waals surface area (Å²) in [6, 6.07) is 16.8. The van der Waals surface area contributed by atoms with Crippen LogP contribution < -0.4 is 10.2 Å². The first-order valence-corrected chi connectivity index (χ1v) is 8.42. The maximum absolute atomic E-state index is 12.2. The van der Waals surface area contributed by atoms with Gasteiger partial charge in [0.1, 0.15) is 6.61 Å². The summed E-state index contributed by atoms with van der Waals surface area (Å²) in [4.78, 5) is 26.7. The van der Waals surface area contributed by atoms with Crippen LogP contribution in [0.3, 0.4) is 0 Å². The number of amides is 2. The predicted molar refractivity (Wildman–Crippen MR) is 98.5 cm³/mol. The summed E-state index contributed by atoms with van der Waals surface area (Å²) in [5.74, 6) is 0. The van der Waals surface area contributed by atoms with Crippen LogP contribution in [0, 0.1) is 0 Å². The molecule has 7 heteroatoms. The van der Waals surface area contributed by atoms with Crippen molar-refractivity contribution in [3.63, 3.8) is 0 Å².